The molecule has 0 unspecified atom stereocenters. The van der Waals surface area contributed by atoms with Crippen molar-refractivity contribution < 1.29 is 19.1 Å². The van der Waals surface area contributed by atoms with E-state index in [1.165, 1.54) is 12.1 Å². The van der Waals surface area contributed by atoms with E-state index in [2.05, 4.69) is 5.32 Å². The molecular formula is C11H12FNO3. The van der Waals surface area contributed by atoms with Gasteiger partial charge in [-0.3, -0.25) is 4.79 Å². The van der Waals surface area contributed by atoms with Crippen LogP contribution in [0.4, 0.5) is 10.1 Å². The second-order valence-corrected chi connectivity index (χ2v) is 3.27. The van der Waals surface area contributed by atoms with Gasteiger partial charge in [-0.2, -0.15) is 0 Å². The molecule has 0 spiro atoms. The minimum atomic E-state index is -1.40. The second kappa shape index (κ2) is 5.25. The van der Waals surface area contributed by atoms with Gasteiger partial charge >= 0.3 is 5.97 Å². The van der Waals surface area contributed by atoms with E-state index in [4.69, 9.17) is 5.11 Å². The van der Waals surface area contributed by atoms with Gasteiger partial charge in [0.05, 0.1) is 5.69 Å². The Labute approximate surface area is 92.1 Å². The lowest BCUT2D eigenvalue weighted by molar-refractivity contribution is -0.116. The first-order valence-electron chi connectivity index (χ1n) is 4.88. The Balaban J connectivity index is 3.00. The predicted octanol–water partition coefficient (Wildman–Crippen LogP) is 2.26. The maximum absolute atomic E-state index is 13.2. The molecule has 0 aliphatic carbocycles. The van der Waals surface area contributed by atoms with Crippen molar-refractivity contribution in [3.63, 3.8) is 0 Å². The number of carbonyl (C=O) groups excluding carboxylic acids is 1. The van der Waals surface area contributed by atoms with Crippen LogP contribution in [0.2, 0.25) is 0 Å². The summed E-state index contributed by atoms with van der Waals surface area (Å²) < 4.78 is 13.2. The third-order valence-electron chi connectivity index (χ3n) is 1.98. The van der Waals surface area contributed by atoms with Gasteiger partial charge in [-0.25, -0.2) is 9.18 Å². The van der Waals surface area contributed by atoms with Crippen molar-refractivity contribution in [1.82, 2.24) is 0 Å². The fourth-order valence-electron chi connectivity index (χ4n) is 1.29. The van der Waals surface area contributed by atoms with E-state index in [0.29, 0.717) is 6.42 Å². The van der Waals surface area contributed by atoms with E-state index in [0.717, 1.165) is 6.07 Å². The Kier molecular flexibility index (Phi) is 3.99. The monoisotopic (exact) mass is 225 g/mol. The summed E-state index contributed by atoms with van der Waals surface area (Å²) in [4.78, 5) is 22.1. The highest BCUT2D eigenvalue weighted by atomic mass is 19.1. The SMILES string of the molecule is CCCC(=O)Nc1cccc(F)c1C(=O)O. The number of hydrogen-bond donors (Lipinski definition) is 2. The molecule has 0 radical (unpaired) electrons. The quantitative estimate of drug-likeness (QED) is 0.825. The van der Waals surface area contributed by atoms with Crippen LogP contribution < -0.4 is 5.32 Å². The highest BCUT2D eigenvalue weighted by molar-refractivity contribution is 6.00. The topological polar surface area (TPSA) is 66.4 Å². The Bertz CT molecular complexity index is 418. The first-order chi connectivity index (χ1) is 7.56. The van der Waals surface area contributed by atoms with Gasteiger partial charge < -0.3 is 10.4 Å². The first kappa shape index (κ1) is 12.2. The highest BCUT2D eigenvalue weighted by Gasteiger charge is 2.16. The molecule has 0 fully saturated rings. The van der Waals surface area contributed by atoms with Gasteiger partial charge in [0, 0.05) is 6.42 Å². The number of anilines is 1. The minimum absolute atomic E-state index is 0.00838. The molecule has 0 aromatic heterocycles. The summed E-state index contributed by atoms with van der Waals surface area (Å²) in [5, 5.41) is 11.2. The number of hydrogen-bond acceptors (Lipinski definition) is 2. The van der Waals surface area contributed by atoms with Crippen LogP contribution in [0.15, 0.2) is 18.2 Å². The molecule has 0 atom stereocenters. The van der Waals surface area contributed by atoms with Crippen molar-refractivity contribution in [2.75, 3.05) is 5.32 Å². The molecule has 0 aliphatic heterocycles. The van der Waals surface area contributed by atoms with Crippen LogP contribution >= 0.6 is 0 Å². The van der Waals surface area contributed by atoms with E-state index in [1.54, 1.807) is 0 Å². The molecule has 1 amide bonds. The number of rotatable bonds is 4. The Hall–Kier alpha value is -1.91. The lowest BCUT2D eigenvalue weighted by Gasteiger charge is -2.08. The van der Waals surface area contributed by atoms with Crippen LogP contribution in [0.1, 0.15) is 30.1 Å². The molecule has 4 nitrogen and oxygen atoms in total. The molecular weight excluding hydrogens is 213 g/mol. The summed E-state index contributed by atoms with van der Waals surface area (Å²) in [5.41, 5.74) is -0.516. The largest absolute Gasteiger partial charge is 0.478 e. The number of carbonyl (C=O) groups is 2. The minimum Gasteiger partial charge on any atom is -0.478 e. The van der Waals surface area contributed by atoms with E-state index >= 15 is 0 Å². The molecule has 0 bridgehead atoms. The molecule has 5 heteroatoms. The van der Waals surface area contributed by atoms with Crippen molar-refractivity contribution in [2.45, 2.75) is 19.8 Å². The average Bonchev–Trinajstić information content (AvgIpc) is 2.17. The molecule has 0 saturated heterocycles. The van der Waals surface area contributed by atoms with E-state index < -0.39 is 17.3 Å². The van der Waals surface area contributed by atoms with Crippen LogP contribution in [0.25, 0.3) is 0 Å². The zero-order valence-electron chi connectivity index (χ0n) is 8.79. The van der Waals surface area contributed by atoms with Gasteiger partial charge in [0.15, 0.2) is 0 Å². The molecule has 2 N–H and O–H groups in total. The molecule has 1 aromatic rings. The van der Waals surface area contributed by atoms with E-state index in [-0.39, 0.29) is 18.0 Å². The molecule has 1 aromatic carbocycles. The van der Waals surface area contributed by atoms with Crippen molar-refractivity contribution >= 4 is 17.6 Å². The molecule has 16 heavy (non-hydrogen) atoms. The molecule has 0 saturated carbocycles. The summed E-state index contributed by atoms with van der Waals surface area (Å²) >= 11 is 0. The number of benzene rings is 1. The van der Waals surface area contributed by atoms with Gasteiger partial charge in [0.2, 0.25) is 5.91 Å². The highest BCUT2D eigenvalue weighted by Crippen LogP contribution is 2.19. The van der Waals surface area contributed by atoms with Crippen molar-refractivity contribution in [1.29, 1.82) is 0 Å². The number of carboxylic acids is 1. The standard InChI is InChI=1S/C11H12FNO3/c1-2-4-9(14)13-8-6-3-5-7(12)10(8)11(15)16/h3,5-6H,2,4H2,1H3,(H,13,14)(H,15,16). The number of halogens is 1. The summed E-state index contributed by atoms with van der Waals surface area (Å²) in [6.45, 7) is 1.82. The van der Waals surface area contributed by atoms with Gasteiger partial charge in [-0.05, 0) is 18.6 Å². The third-order valence-corrected chi connectivity index (χ3v) is 1.98. The summed E-state index contributed by atoms with van der Waals surface area (Å²) in [5.74, 6) is -2.58. The number of amides is 1. The fourth-order valence-corrected chi connectivity index (χ4v) is 1.29. The third kappa shape index (κ3) is 2.79. The summed E-state index contributed by atoms with van der Waals surface area (Å²) in [7, 11) is 0. The number of aromatic carboxylic acids is 1. The lowest BCUT2D eigenvalue weighted by Crippen LogP contribution is -2.15. The summed E-state index contributed by atoms with van der Waals surface area (Å²) in [6, 6.07) is 3.75. The van der Waals surface area contributed by atoms with Crippen LogP contribution in [0.5, 0.6) is 0 Å². The van der Waals surface area contributed by atoms with E-state index in [1.807, 2.05) is 6.92 Å². The van der Waals surface area contributed by atoms with Crippen molar-refractivity contribution in [3.05, 3.63) is 29.6 Å². The van der Waals surface area contributed by atoms with Gasteiger partial charge in [0.25, 0.3) is 0 Å². The fraction of sp³-hybridized carbons (Fsp3) is 0.273. The Morgan fingerprint density at radius 3 is 2.69 bits per heavy atom. The van der Waals surface area contributed by atoms with E-state index in [9.17, 15) is 14.0 Å². The maximum Gasteiger partial charge on any atom is 0.340 e. The number of nitrogens with one attached hydrogen (secondary N) is 1. The maximum atomic E-state index is 13.2. The molecule has 0 heterocycles. The first-order valence-corrected chi connectivity index (χ1v) is 4.88. The van der Waals surface area contributed by atoms with Crippen LogP contribution in [-0.2, 0) is 4.79 Å². The van der Waals surface area contributed by atoms with Crippen LogP contribution in [0.3, 0.4) is 0 Å². The normalized spacial score (nSPS) is 9.88. The second-order valence-electron chi connectivity index (χ2n) is 3.27. The van der Waals surface area contributed by atoms with Crippen LogP contribution in [0, 0.1) is 5.82 Å². The zero-order chi connectivity index (χ0) is 12.1. The zero-order valence-corrected chi connectivity index (χ0v) is 8.79. The molecule has 1 rings (SSSR count). The smallest absolute Gasteiger partial charge is 0.340 e. The Morgan fingerprint density at radius 2 is 2.12 bits per heavy atom. The lowest BCUT2D eigenvalue weighted by atomic mass is 10.1. The molecule has 0 aliphatic rings. The van der Waals surface area contributed by atoms with Crippen LogP contribution in [-0.4, -0.2) is 17.0 Å². The Morgan fingerprint density at radius 1 is 1.44 bits per heavy atom. The van der Waals surface area contributed by atoms with Gasteiger partial charge in [0.1, 0.15) is 11.4 Å². The average molecular weight is 225 g/mol. The predicted molar refractivity (Wildman–Crippen MR) is 56.9 cm³/mol. The van der Waals surface area contributed by atoms with Gasteiger partial charge in [-0.15, -0.1) is 0 Å². The van der Waals surface area contributed by atoms with Crippen molar-refractivity contribution in [2.24, 2.45) is 0 Å². The number of carboxylic acid groups (broad SMARTS) is 1. The van der Waals surface area contributed by atoms with Crippen molar-refractivity contribution in [3.8, 4) is 0 Å². The van der Waals surface area contributed by atoms with Gasteiger partial charge in [-0.1, -0.05) is 13.0 Å². The molecule has 86 valence electrons. The summed E-state index contributed by atoms with van der Waals surface area (Å²) in [6.07, 6.45) is 0.916.